The molecular formula is C9H9BrO4. The molecule has 1 aromatic rings. The Labute approximate surface area is 89.3 Å². The highest BCUT2D eigenvalue weighted by Crippen LogP contribution is 2.37. The predicted octanol–water partition coefficient (Wildman–Crippen LogP) is 2.17. The van der Waals surface area contributed by atoms with E-state index in [-0.39, 0.29) is 17.1 Å². The van der Waals surface area contributed by atoms with E-state index < -0.39 is 5.97 Å². The normalized spacial score (nSPS) is 9.93. The zero-order chi connectivity index (χ0) is 10.9. The monoisotopic (exact) mass is 260 g/mol. The number of aromatic carboxylic acids is 1. The highest BCUT2D eigenvalue weighted by molar-refractivity contribution is 9.10. The van der Waals surface area contributed by atoms with Gasteiger partial charge in [-0.15, -0.1) is 0 Å². The van der Waals surface area contributed by atoms with E-state index in [1.807, 2.05) is 0 Å². The Bertz CT molecular complexity index is 387. The Morgan fingerprint density at radius 2 is 2.14 bits per heavy atom. The Morgan fingerprint density at radius 3 is 2.57 bits per heavy atom. The molecule has 1 aromatic carbocycles. The molecule has 0 amide bonds. The minimum atomic E-state index is -1.20. The van der Waals surface area contributed by atoms with E-state index in [1.54, 1.807) is 13.0 Å². The van der Waals surface area contributed by atoms with Gasteiger partial charge < -0.3 is 14.9 Å². The molecule has 0 saturated heterocycles. The average molecular weight is 261 g/mol. The molecule has 0 radical (unpaired) electrons. The number of benzene rings is 1. The third-order valence-corrected chi connectivity index (χ3v) is 2.84. The van der Waals surface area contributed by atoms with Crippen molar-refractivity contribution < 1.29 is 19.7 Å². The molecule has 0 fully saturated rings. The number of phenols is 1. The van der Waals surface area contributed by atoms with Crippen LogP contribution in [0.15, 0.2) is 10.5 Å². The van der Waals surface area contributed by atoms with Crippen molar-refractivity contribution in [2.75, 3.05) is 7.11 Å². The topological polar surface area (TPSA) is 66.8 Å². The summed E-state index contributed by atoms with van der Waals surface area (Å²) in [6.45, 7) is 1.72. The van der Waals surface area contributed by atoms with Crippen LogP contribution in [0.1, 0.15) is 15.9 Å². The van der Waals surface area contributed by atoms with Crippen molar-refractivity contribution in [3.05, 3.63) is 21.7 Å². The number of halogens is 1. The van der Waals surface area contributed by atoms with Crippen LogP contribution in [0, 0.1) is 6.92 Å². The fraction of sp³-hybridized carbons (Fsp3) is 0.222. The number of carboxylic acid groups (broad SMARTS) is 1. The number of hydrogen-bond acceptors (Lipinski definition) is 3. The first-order valence-corrected chi connectivity index (χ1v) is 4.57. The van der Waals surface area contributed by atoms with E-state index in [1.165, 1.54) is 7.11 Å². The summed E-state index contributed by atoms with van der Waals surface area (Å²) in [6, 6.07) is 1.56. The van der Waals surface area contributed by atoms with E-state index in [9.17, 15) is 9.90 Å². The first-order valence-electron chi connectivity index (χ1n) is 3.78. The van der Waals surface area contributed by atoms with Gasteiger partial charge in [0.05, 0.1) is 7.11 Å². The minimum Gasteiger partial charge on any atom is -0.504 e. The van der Waals surface area contributed by atoms with E-state index in [2.05, 4.69) is 15.9 Å². The van der Waals surface area contributed by atoms with Gasteiger partial charge in [0.25, 0.3) is 0 Å². The number of methoxy groups -OCH3 is 1. The number of ether oxygens (including phenoxy) is 1. The summed E-state index contributed by atoms with van der Waals surface area (Å²) in [4.78, 5) is 10.8. The number of carboxylic acids is 1. The van der Waals surface area contributed by atoms with Gasteiger partial charge in [-0.3, -0.25) is 0 Å². The molecule has 4 nitrogen and oxygen atoms in total. The molecule has 5 heteroatoms. The number of aromatic hydroxyl groups is 1. The second-order valence-corrected chi connectivity index (χ2v) is 3.53. The van der Waals surface area contributed by atoms with Crippen molar-refractivity contribution >= 4 is 21.9 Å². The highest BCUT2D eigenvalue weighted by atomic mass is 79.9. The Morgan fingerprint density at radius 1 is 1.57 bits per heavy atom. The van der Waals surface area contributed by atoms with Crippen molar-refractivity contribution in [2.45, 2.75) is 6.92 Å². The highest BCUT2D eigenvalue weighted by Gasteiger charge is 2.20. The zero-order valence-electron chi connectivity index (χ0n) is 7.67. The molecule has 1 rings (SSSR count). The molecule has 0 heterocycles. The SMILES string of the molecule is COc1cc(C)c(Br)c(C(=O)O)c1O. The van der Waals surface area contributed by atoms with Crippen LogP contribution in [0.5, 0.6) is 11.5 Å². The largest absolute Gasteiger partial charge is 0.504 e. The standard InChI is InChI=1S/C9H9BrO4/c1-4-3-5(14-2)8(11)6(7(4)10)9(12)13/h3,11H,1-2H3,(H,12,13). The zero-order valence-corrected chi connectivity index (χ0v) is 9.25. The van der Waals surface area contributed by atoms with Crippen molar-refractivity contribution in [2.24, 2.45) is 0 Å². The lowest BCUT2D eigenvalue weighted by Gasteiger charge is -2.10. The van der Waals surface area contributed by atoms with Gasteiger partial charge in [-0.2, -0.15) is 0 Å². The van der Waals surface area contributed by atoms with Gasteiger partial charge in [-0.1, -0.05) is 0 Å². The molecule has 2 N–H and O–H groups in total. The van der Waals surface area contributed by atoms with Gasteiger partial charge in [-0.05, 0) is 34.5 Å². The van der Waals surface area contributed by atoms with E-state index in [0.717, 1.165) is 0 Å². The Hall–Kier alpha value is -1.23. The second-order valence-electron chi connectivity index (χ2n) is 2.74. The van der Waals surface area contributed by atoms with Crippen molar-refractivity contribution in [1.82, 2.24) is 0 Å². The fourth-order valence-corrected chi connectivity index (χ4v) is 1.58. The van der Waals surface area contributed by atoms with Gasteiger partial charge in [0, 0.05) is 4.47 Å². The molecule has 0 spiro atoms. The smallest absolute Gasteiger partial charge is 0.340 e. The maximum absolute atomic E-state index is 10.8. The Balaban J connectivity index is 3.53. The first-order chi connectivity index (χ1) is 6.49. The van der Waals surface area contributed by atoms with Crippen LogP contribution in [-0.2, 0) is 0 Å². The fourth-order valence-electron chi connectivity index (χ4n) is 1.10. The minimum absolute atomic E-state index is 0.156. The third-order valence-electron chi connectivity index (χ3n) is 1.82. The van der Waals surface area contributed by atoms with E-state index in [4.69, 9.17) is 9.84 Å². The molecule has 0 aliphatic heterocycles. The molecule has 0 aliphatic carbocycles. The first kappa shape index (κ1) is 10.8. The molecular weight excluding hydrogens is 252 g/mol. The summed E-state index contributed by atoms with van der Waals surface area (Å²) in [5, 5.41) is 18.4. The maximum Gasteiger partial charge on any atom is 0.340 e. The number of rotatable bonds is 2. The lowest BCUT2D eigenvalue weighted by Crippen LogP contribution is -2.01. The van der Waals surface area contributed by atoms with Crippen LogP contribution in [0.25, 0.3) is 0 Å². The molecule has 0 unspecified atom stereocenters. The molecule has 0 saturated carbocycles. The van der Waals surface area contributed by atoms with Gasteiger partial charge in [0.2, 0.25) is 0 Å². The summed E-state index contributed by atoms with van der Waals surface area (Å²) in [5.74, 6) is -1.41. The summed E-state index contributed by atoms with van der Waals surface area (Å²) in [5.41, 5.74) is 0.513. The van der Waals surface area contributed by atoms with Gasteiger partial charge in [0.15, 0.2) is 11.5 Å². The molecule has 76 valence electrons. The van der Waals surface area contributed by atoms with Crippen molar-refractivity contribution in [3.63, 3.8) is 0 Å². The van der Waals surface area contributed by atoms with Crippen LogP contribution in [-0.4, -0.2) is 23.3 Å². The van der Waals surface area contributed by atoms with Crippen LogP contribution >= 0.6 is 15.9 Å². The van der Waals surface area contributed by atoms with Crippen LogP contribution in [0.4, 0.5) is 0 Å². The molecule has 0 bridgehead atoms. The second kappa shape index (κ2) is 3.88. The molecule has 0 atom stereocenters. The average Bonchev–Trinajstić information content (AvgIpc) is 2.11. The number of aryl methyl sites for hydroxylation is 1. The molecule has 0 aliphatic rings. The summed E-state index contributed by atoms with van der Waals surface area (Å²) < 4.78 is 5.20. The lowest BCUT2D eigenvalue weighted by molar-refractivity contribution is 0.0692. The predicted molar refractivity (Wildman–Crippen MR) is 54.1 cm³/mol. The van der Waals surface area contributed by atoms with Gasteiger partial charge in [-0.25, -0.2) is 4.79 Å². The van der Waals surface area contributed by atoms with Crippen LogP contribution in [0.3, 0.4) is 0 Å². The van der Waals surface area contributed by atoms with Crippen molar-refractivity contribution in [3.8, 4) is 11.5 Å². The summed E-state index contributed by atoms with van der Waals surface area (Å²) >= 11 is 3.10. The summed E-state index contributed by atoms with van der Waals surface area (Å²) in [6.07, 6.45) is 0. The van der Waals surface area contributed by atoms with Crippen LogP contribution in [0.2, 0.25) is 0 Å². The third kappa shape index (κ3) is 1.68. The van der Waals surface area contributed by atoms with Crippen molar-refractivity contribution in [1.29, 1.82) is 0 Å². The maximum atomic E-state index is 10.8. The number of carbonyl (C=O) groups is 1. The Kier molecular flexibility index (Phi) is 3.00. The quantitative estimate of drug-likeness (QED) is 0.856. The molecule has 0 aromatic heterocycles. The van der Waals surface area contributed by atoms with E-state index in [0.29, 0.717) is 10.0 Å². The van der Waals surface area contributed by atoms with Gasteiger partial charge in [0.1, 0.15) is 5.56 Å². The van der Waals surface area contributed by atoms with Crippen LogP contribution < -0.4 is 4.74 Å². The van der Waals surface area contributed by atoms with Gasteiger partial charge >= 0.3 is 5.97 Å². The molecule has 14 heavy (non-hydrogen) atoms. The number of hydrogen-bond donors (Lipinski definition) is 2. The summed E-state index contributed by atoms with van der Waals surface area (Å²) in [7, 11) is 1.37. The van der Waals surface area contributed by atoms with E-state index >= 15 is 0 Å². The lowest BCUT2D eigenvalue weighted by atomic mass is 10.1.